The van der Waals surface area contributed by atoms with Crippen molar-refractivity contribution in [1.82, 2.24) is 19.9 Å². The summed E-state index contributed by atoms with van der Waals surface area (Å²) in [4.78, 5) is 26.4. The number of amides is 1. The van der Waals surface area contributed by atoms with Gasteiger partial charge in [-0.15, -0.1) is 0 Å². The van der Waals surface area contributed by atoms with Crippen LogP contribution in [0.2, 0.25) is 0 Å². The fourth-order valence-electron chi connectivity index (χ4n) is 2.09. The molecule has 116 valence electrons. The number of carbonyl (C=O) groups is 1. The van der Waals surface area contributed by atoms with Gasteiger partial charge in [-0.3, -0.25) is 9.78 Å². The van der Waals surface area contributed by atoms with Crippen molar-refractivity contribution in [2.75, 3.05) is 14.2 Å². The van der Waals surface area contributed by atoms with Gasteiger partial charge in [0, 0.05) is 43.8 Å². The van der Waals surface area contributed by atoms with Crippen molar-refractivity contribution in [2.24, 2.45) is 0 Å². The van der Waals surface area contributed by atoms with Crippen molar-refractivity contribution in [3.05, 3.63) is 47.5 Å². The number of carbonyl (C=O) groups excluding carboxylic acids is 1. The lowest BCUT2D eigenvalue weighted by molar-refractivity contribution is 0.0742. The van der Waals surface area contributed by atoms with Crippen LogP contribution in [-0.4, -0.2) is 46.0 Å². The van der Waals surface area contributed by atoms with E-state index in [0.29, 0.717) is 12.0 Å². The molecule has 0 fully saturated rings. The number of rotatable bonds is 5. The standard InChI is InChI=1S/C16H20N4O2/c1-11-5-6-17-14(7-11)8-12(2)20(3)15(21)13-9-18-16(22-4)19-10-13/h5-7,9-10,12H,8H2,1-4H3/t12-/m0/s1. The SMILES string of the molecule is COc1ncc(C(=O)N(C)[C@@H](C)Cc2cc(C)ccn2)cn1. The quantitative estimate of drug-likeness (QED) is 0.843. The predicted octanol–water partition coefficient (Wildman–Crippen LogP) is 1.89. The molecule has 0 saturated heterocycles. The Bertz CT molecular complexity index is 643. The highest BCUT2D eigenvalue weighted by Crippen LogP contribution is 2.11. The molecule has 0 radical (unpaired) electrons. The molecule has 0 aliphatic heterocycles. The Morgan fingerprint density at radius 2 is 2.00 bits per heavy atom. The Balaban J connectivity index is 2.05. The number of pyridine rings is 1. The number of aromatic nitrogens is 3. The van der Waals surface area contributed by atoms with Crippen LogP contribution in [0.15, 0.2) is 30.7 Å². The maximum absolute atomic E-state index is 12.4. The molecule has 6 nitrogen and oxygen atoms in total. The smallest absolute Gasteiger partial charge is 0.316 e. The predicted molar refractivity (Wildman–Crippen MR) is 82.8 cm³/mol. The number of nitrogens with zero attached hydrogens (tertiary/aromatic N) is 4. The van der Waals surface area contributed by atoms with Crippen LogP contribution in [0.4, 0.5) is 0 Å². The van der Waals surface area contributed by atoms with Crippen LogP contribution >= 0.6 is 0 Å². The lowest BCUT2D eigenvalue weighted by Crippen LogP contribution is -2.36. The molecular weight excluding hydrogens is 280 g/mol. The van der Waals surface area contributed by atoms with Gasteiger partial charge < -0.3 is 9.64 Å². The van der Waals surface area contributed by atoms with E-state index in [1.807, 2.05) is 26.0 Å². The summed E-state index contributed by atoms with van der Waals surface area (Å²) in [5.74, 6) is -0.122. The fourth-order valence-corrected chi connectivity index (χ4v) is 2.09. The minimum absolute atomic E-state index is 0.0175. The summed E-state index contributed by atoms with van der Waals surface area (Å²) in [7, 11) is 3.26. The van der Waals surface area contributed by atoms with Crippen molar-refractivity contribution >= 4 is 5.91 Å². The highest BCUT2D eigenvalue weighted by Gasteiger charge is 2.19. The molecule has 0 saturated carbocycles. The molecule has 1 atom stereocenters. The summed E-state index contributed by atoms with van der Waals surface area (Å²) in [6.45, 7) is 4.02. The Labute approximate surface area is 130 Å². The van der Waals surface area contributed by atoms with Crippen molar-refractivity contribution in [1.29, 1.82) is 0 Å². The summed E-state index contributed by atoms with van der Waals surface area (Å²) >= 11 is 0. The summed E-state index contributed by atoms with van der Waals surface area (Å²) in [5.41, 5.74) is 2.57. The lowest BCUT2D eigenvalue weighted by Gasteiger charge is -2.24. The summed E-state index contributed by atoms with van der Waals surface area (Å²) in [6, 6.07) is 4.25. The maximum atomic E-state index is 12.4. The zero-order chi connectivity index (χ0) is 16.1. The van der Waals surface area contributed by atoms with E-state index >= 15 is 0 Å². The van der Waals surface area contributed by atoms with Crippen molar-refractivity contribution in [2.45, 2.75) is 26.3 Å². The number of hydrogen-bond acceptors (Lipinski definition) is 5. The largest absolute Gasteiger partial charge is 0.467 e. The molecule has 2 rings (SSSR count). The average Bonchev–Trinajstić information content (AvgIpc) is 2.53. The topological polar surface area (TPSA) is 68.2 Å². The third-order valence-electron chi connectivity index (χ3n) is 3.52. The first-order valence-electron chi connectivity index (χ1n) is 7.06. The number of hydrogen-bond donors (Lipinski definition) is 0. The highest BCUT2D eigenvalue weighted by molar-refractivity contribution is 5.93. The van der Waals surface area contributed by atoms with E-state index in [-0.39, 0.29) is 18.0 Å². The van der Waals surface area contributed by atoms with E-state index in [1.165, 1.54) is 19.5 Å². The molecule has 0 unspecified atom stereocenters. The average molecular weight is 300 g/mol. The van der Waals surface area contributed by atoms with Gasteiger partial charge in [-0.25, -0.2) is 9.97 Å². The molecule has 0 aromatic carbocycles. The zero-order valence-corrected chi connectivity index (χ0v) is 13.3. The summed E-state index contributed by atoms with van der Waals surface area (Å²) in [6.07, 6.45) is 5.43. The fraction of sp³-hybridized carbons (Fsp3) is 0.375. The molecule has 0 aliphatic rings. The first-order chi connectivity index (χ1) is 10.5. The van der Waals surface area contributed by atoms with E-state index < -0.39 is 0 Å². The van der Waals surface area contributed by atoms with Gasteiger partial charge >= 0.3 is 6.01 Å². The summed E-state index contributed by atoms with van der Waals surface area (Å²) < 4.78 is 4.89. The van der Waals surface area contributed by atoms with Gasteiger partial charge in [0.2, 0.25) is 0 Å². The van der Waals surface area contributed by atoms with E-state index in [4.69, 9.17) is 4.74 Å². The van der Waals surface area contributed by atoms with Crippen molar-refractivity contribution in [3.8, 4) is 6.01 Å². The molecular formula is C16H20N4O2. The molecule has 2 aromatic rings. The second-order valence-corrected chi connectivity index (χ2v) is 5.25. The van der Waals surface area contributed by atoms with Crippen molar-refractivity contribution < 1.29 is 9.53 Å². The maximum Gasteiger partial charge on any atom is 0.316 e. The number of ether oxygens (including phenoxy) is 1. The van der Waals surface area contributed by atoms with Gasteiger partial charge in [0.25, 0.3) is 5.91 Å². The molecule has 22 heavy (non-hydrogen) atoms. The number of likely N-dealkylation sites (N-methyl/N-ethyl adjacent to an activating group) is 1. The van der Waals surface area contributed by atoms with E-state index in [0.717, 1.165) is 11.3 Å². The van der Waals surface area contributed by atoms with Crippen LogP contribution < -0.4 is 4.74 Å². The van der Waals surface area contributed by atoms with Gasteiger partial charge in [0.1, 0.15) is 0 Å². The molecule has 1 amide bonds. The van der Waals surface area contributed by atoms with Gasteiger partial charge in [-0.05, 0) is 31.5 Å². The Morgan fingerprint density at radius 3 is 2.59 bits per heavy atom. The number of aryl methyl sites for hydroxylation is 1. The van der Waals surface area contributed by atoms with Crippen molar-refractivity contribution in [3.63, 3.8) is 0 Å². The Hall–Kier alpha value is -2.50. The molecule has 0 aliphatic carbocycles. The zero-order valence-electron chi connectivity index (χ0n) is 13.3. The normalized spacial score (nSPS) is 11.8. The second kappa shape index (κ2) is 6.98. The molecule has 6 heteroatoms. The Kier molecular flexibility index (Phi) is 5.04. The second-order valence-electron chi connectivity index (χ2n) is 5.25. The molecule has 0 bridgehead atoms. The number of methoxy groups -OCH3 is 1. The van der Waals surface area contributed by atoms with Crippen LogP contribution in [0.1, 0.15) is 28.5 Å². The van der Waals surface area contributed by atoms with Crippen LogP contribution in [-0.2, 0) is 6.42 Å². The van der Waals surface area contributed by atoms with Crippen LogP contribution in [0.3, 0.4) is 0 Å². The Morgan fingerprint density at radius 1 is 1.32 bits per heavy atom. The van der Waals surface area contributed by atoms with E-state index in [1.54, 1.807) is 18.1 Å². The van der Waals surface area contributed by atoms with Crippen LogP contribution in [0, 0.1) is 6.92 Å². The van der Waals surface area contributed by atoms with E-state index in [2.05, 4.69) is 15.0 Å². The molecule has 2 aromatic heterocycles. The third-order valence-corrected chi connectivity index (χ3v) is 3.52. The minimum atomic E-state index is -0.122. The van der Waals surface area contributed by atoms with E-state index in [9.17, 15) is 4.79 Å². The van der Waals surface area contributed by atoms with Crippen LogP contribution in [0.25, 0.3) is 0 Å². The first-order valence-corrected chi connectivity index (χ1v) is 7.06. The molecule has 0 N–H and O–H groups in total. The minimum Gasteiger partial charge on any atom is -0.467 e. The van der Waals surface area contributed by atoms with Gasteiger partial charge in [0.05, 0.1) is 12.7 Å². The molecule has 2 heterocycles. The lowest BCUT2D eigenvalue weighted by atomic mass is 10.1. The van der Waals surface area contributed by atoms with Gasteiger partial charge in [-0.1, -0.05) is 0 Å². The monoisotopic (exact) mass is 300 g/mol. The third kappa shape index (κ3) is 3.78. The van der Waals surface area contributed by atoms with Gasteiger partial charge in [-0.2, -0.15) is 0 Å². The first kappa shape index (κ1) is 15.9. The highest BCUT2D eigenvalue weighted by atomic mass is 16.5. The molecule has 0 spiro atoms. The van der Waals surface area contributed by atoms with Gasteiger partial charge in [0.15, 0.2) is 0 Å². The van der Waals surface area contributed by atoms with Crippen LogP contribution in [0.5, 0.6) is 6.01 Å². The summed E-state index contributed by atoms with van der Waals surface area (Å²) in [5, 5.41) is 0.